The van der Waals surface area contributed by atoms with Gasteiger partial charge in [0.05, 0.1) is 17.6 Å². The molecule has 0 atom stereocenters. The van der Waals surface area contributed by atoms with Crippen LogP contribution in [-0.2, 0) is 6.54 Å². The van der Waals surface area contributed by atoms with Crippen LogP contribution in [0.4, 0.5) is 0 Å². The molecule has 3 aromatic rings. The molecular weight excluding hydrogens is 246 g/mol. The molecule has 0 N–H and O–H groups in total. The van der Waals surface area contributed by atoms with Crippen LogP contribution in [0.15, 0.2) is 6.20 Å². The number of imidazole rings is 1. The Hall–Kier alpha value is -1.69. The third kappa shape index (κ3) is 1.56. The van der Waals surface area contributed by atoms with Crippen molar-refractivity contribution >= 4 is 16.3 Å². The second-order valence-electron chi connectivity index (χ2n) is 4.34. The lowest BCUT2D eigenvalue weighted by Crippen LogP contribution is -1.98. The molecule has 0 aliphatic rings. The molecule has 5 nitrogen and oxygen atoms in total. The lowest BCUT2D eigenvalue weighted by molar-refractivity contribution is 0.634. The molecule has 6 heteroatoms. The zero-order valence-electron chi connectivity index (χ0n) is 10.9. The van der Waals surface area contributed by atoms with Crippen LogP contribution in [0.5, 0.6) is 0 Å². The van der Waals surface area contributed by atoms with Crippen LogP contribution in [0.3, 0.4) is 0 Å². The minimum atomic E-state index is 0.881. The van der Waals surface area contributed by atoms with E-state index in [1.165, 1.54) is 0 Å². The zero-order valence-corrected chi connectivity index (χ0v) is 11.7. The molecule has 0 aliphatic carbocycles. The van der Waals surface area contributed by atoms with Gasteiger partial charge in [-0.15, -0.1) is 0 Å². The fourth-order valence-electron chi connectivity index (χ4n) is 2.30. The van der Waals surface area contributed by atoms with Crippen molar-refractivity contribution in [1.29, 1.82) is 0 Å². The van der Waals surface area contributed by atoms with E-state index < -0.39 is 0 Å². The third-order valence-electron chi connectivity index (χ3n) is 3.08. The maximum absolute atomic E-state index is 4.64. The van der Waals surface area contributed by atoms with Crippen molar-refractivity contribution in [3.8, 4) is 11.3 Å². The Labute approximate surface area is 109 Å². The molecular formula is C12H15N5S. The molecule has 0 unspecified atom stereocenters. The van der Waals surface area contributed by atoms with Crippen LogP contribution in [-0.4, -0.2) is 24.4 Å². The summed E-state index contributed by atoms with van der Waals surface area (Å²) in [7, 11) is 0. The minimum absolute atomic E-state index is 0.881. The molecule has 0 fully saturated rings. The van der Waals surface area contributed by atoms with Gasteiger partial charge in [0, 0.05) is 17.8 Å². The zero-order chi connectivity index (χ0) is 12.9. The van der Waals surface area contributed by atoms with E-state index in [0.29, 0.717) is 0 Å². The predicted molar refractivity (Wildman–Crippen MR) is 72.0 cm³/mol. The van der Waals surface area contributed by atoms with Crippen LogP contribution < -0.4 is 0 Å². The fraction of sp³-hybridized carbons (Fsp3) is 0.417. The van der Waals surface area contributed by atoms with Gasteiger partial charge in [-0.2, -0.15) is 10.2 Å². The number of aromatic nitrogens is 5. The van der Waals surface area contributed by atoms with Gasteiger partial charge in [0.15, 0.2) is 0 Å². The summed E-state index contributed by atoms with van der Waals surface area (Å²) in [6.07, 6.45) is 1.98. The predicted octanol–water partition coefficient (Wildman–Crippen LogP) is 2.60. The van der Waals surface area contributed by atoms with Gasteiger partial charge in [-0.3, -0.25) is 4.68 Å². The van der Waals surface area contributed by atoms with Crippen LogP contribution >= 0.6 is 11.3 Å². The maximum Gasteiger partial charge on any atom is 0.212 e. The Balaban J connectivity index is 2.19. The molecule has 0 spiro atoms. The molecule has 0 aliphatic heterocycles. The molecule has 3 heterocycles. The normalized spacial score (nSPS) is 11.6. The summed E-state index contributed by atoms with van der Waals surface area (Å²) < 4.78 is 3.86. The highest BCUT2D eigenvalue weighted by Gasteiger charge is 2.16. The van der Waals surface area contributed by atoms with Crippen molar-refractivity contribution in [2.45, 2.75) is 34.2 Å². The van der Waals surface area contributed by atoms with Crippen LogP contribution in [0, 0.1) is 20.8 Å². The first-order valence-corrected chi connectivity index (χ1v) is 6.79. The second-order valence-corrected chi connectivity index (χ2v) is 5.50. The second kappa shape index (κ2) is 3.91. The summed E-state index contributed by atoms with van der Waals surface area (Å²) in [6.45, 7) is 9.09. The Kier molecular flexibility index (Phi) is 2.48. The summed E-state index contributed by atoms with van der Waals surface area (Å²) in [5, 5.41) is 9.95. The average molecular weight is 261 g/mol. The van der Waals surface area contributed by atoms with Gasteiger partial charge in [-0.1, -0.05) is 11.3 Å². The van der Waals surface area contributed by atoms with E-state index in [0.717, 1.165) is 39.2 Å². The highest BCUT2D eigenvalue weighted by Crippen LogP contribution is 2.27. The van der Waals surface area contributed by atoms with Gasteiger partial charge in [0.2, 0.25) is 4.96 Å². The number of hydrogen-bond donors (Lipinski definition) is 0. The van der Waals surface area contributed by atoms with Crippen LogP contribution in [0.2, 0.25) is 0 Å². The van der Waals surface area contributed by atoms with E-state index in [4.69, 9.17) is 0 Å². The van der Waals surface area contributed by atoms with E-state index in [-0.39, 0.29) is 0 Å². The van der Waals surface area contributed by atoms with Crippen molar-refractivity contribution in [3.63, 3.8) is 0 Å². The number of nitrogens with zero attached hydrogens (tertiary/aromatic N) is 5. The highest BCUT2D eigenvalue weighted by atomic mass is 32.1. The number of rotatable bonds is 2. The van der Waals surface area contributed by atoms with Crippen molar-refractivity contribution in [2.75, 3.05) is 0 Å². The molecule has 0 aromatic carbocycles. The fourth-order valence-corrected chi connectivity index (χ4v) is 3.02. The summed E-state index contributed by atoms with van der Waals surface area (Å²) in [5.74, 6) is 0. The quantitative estimate of drug-likeness (QED) is 0.712. The topological polar surface area (TPSA) is 48.0 Å². The number of aryl methyl sites for hydroxylation is 3. The summed E-state index contributed by atoms with van der Waals surface area (Å²) in [6, 6.07) is 0. The molecule has 94 valence electrons. The lowest BCUT2D eigenvalue weighted by atomic mass is 10.1. The van der Waals surface area contributed by atoms with Gasteiger partial charge >= 0.3 is 0 Å². The van der Waals surface area contributed by atoms with Crippen LogP contribution in [0.1, 0.15) is 23.3 Å². The van der Waals surface area contributed by atoms with Crippen molar-refractivity contribution in [3.05, 3.63) is 22.6 Å². The maximum atomic E-state index is 4.64. The molecule has 0 saturated heterocycles. The van der Waals surface area contributed by atoms with Crippen molar-refractivity contribution in [1.82, 2.24) is 24.4 Å². The minimum Gasteiger partial charge on any atom is -0.269 e. The van der Waals surface area contributed by atoms with Crippen molar-refractivity contribution < 1.29 is 0 Å². The molecule has 3 aromatic heterocycles. The SMILES string of the molecule is CCn1nc(C)c(-c2cn3nc(C)sc3n2)c1C. The van der Waals surface area contributed by atoms with Gasteiger partial charge in [-0.25, -0.2) is 9.50 Å². The molecule has 3 rings (SSSR count). The Bertz CT molecular complexity index is 687. The molecule has 18 heavy (non-hydrogen) atoms. The van der Waals surface area contributed by atoms with Crippen LogP contribution in [0.25, 0.3) is 16.2 Å². The Morgan fingerprint density at radius 1 is 1.22 bits per heavy atom. The first-order valence-electron chi connectivity index (χ1n) is 5.97. The monoisotopic (exact) mass is 261 g/mol. The largest absolute Gasteiger partial charge is 0.269 e. The first kappa shape index (κ1) is 11.4. The first-order chi connectivity index (χ1) is 8.60. The van der Waals surface area contributed by atoms with E-state index in [1.807, 2.05) is 29.2 Å². The average Bonchev–Trinajstić information content (AvgIpc) is 2.90. The van der Waals surface area contributed by atoms with E-state index in [1.54, 1.807) is 11.3 Å². The standard InChI is InChI=1S/C12H15N5S/c1-5-16-8(3)11(7(2)14-16)10-6-17-12(13-10)18-9(4)15-17/h6H,5H2,1-4H3. The van der Waals surface area contributed by atoms with E-state index >= 15 is 0 Å². The third-order valence-corrected chi connectivity index (χ3v) is 3.92. The molecule has 0 saturated carbocycles. The summed E-state index contributed by atoms with van der Waals surface area (Å²) in [5.41, 5.74) is 4.28. The Morgan fingerprint density at radius 2 is 2.00 bits per heavy atom. The smallest absolute Gasteiger partial charge is 0.212 e. The van der Waals surface area contributed by atoms with Crippen molar-refractivity contribution in [2.24, 2.45) is 0 Å². The van der Waals surface area contributed by atoms with Gasteiger partial charge in [-0.05, 0) is 27.7 Å². The summed E-state index contributed by atoms with van der Waals surface area (Å²) in [4.78, 5) is 5.57. The van der Waals surface area contributed by atoms with E-state index in [9.17, 15) is 0 Å². The van der Waals surface area contributed by atoms with Gasteiger partial charge in [0.1, 0.15) is 5.01 Å². The lowest BCUT2D eigenvalue weighted by Gasteiger charge is -1.99. The van der Waals surface area contributed by atoms with Gasteiger partial charge in [0.25, 0.3) is 0 Å². The Morgan fingerprint density at radius 3 is 2.61 bits per heavy atom. The summed E-state index contributed by atoms with van der Waals surface area (Å²) >= 11 is 1.61. The number of fused-ring (bicyclic) bond motifs is 1. The molecule has 0 radical (unpaired) electrons. The molecule has 0 amide bonds. The highest BCUT2D eigenvalue weighted by molar-refractivity contribution is 7.16. The molecule has 0 bridgehead atoms. The number of hydrogen-bond acceptors (Lipinski definition) is 4. The van der Waals surface area contributed by atoms with E-state index in [2.05, 4.69) is 29.0 Å². The van der Waals surface area contributed by atoms with Gasteiger partial charge < -0.3 is 0 Å².